The number of ether oxygens (including phenoxy) is 1. The highest BCUT2D eigenvalue weighted by atomic mass is 16.5. The number of rotatable bonds is 7. The van der Waals surface area contributed by atoms with Crippen LogP contribution in [0.4, 0.5) is 0 Å². The van der Waals surface area contributed by atoms with Crippen LogP contribution in [0.2, 0.25) is 0 Å². The number of aliphatic hydroxyl groups is 1. The number of carbonyl (C=O) groups is 1. The average Bonchev–Trinajstić information content (AvgIpc) is 2.80. The summed E-state index contributed by atoms with van der Waals surface area (Å²) in [4.78, 5) is 12.5. The molecule has 1 aromatic carbocycles. The first-order valence-electron chi connectivity index (χ1n) is 14.5. The van der Waals surface area contributed by atoms with Crippen LogP contribution in [-0.2, 0) is 15.1 Å². The fourth-order valence-electron chi connectivity index (χ4n) is 3.16. The molecular formula is C22H31NO3. The zero-order chi connectivity index (χ0) is 29.2. The van der Waals surface area contributed by atoms with Gasteiger partial charge in [0.2, 0.25) is 0 Å². The molecule has 0 saturated heterocycles. The third-order valence-corrected chi connectivity index (χ3v) is 4.48. The van der Waals surface area contributed by atoms with Crippen LogP contribution in [-0.4, -0.2) is 42.1 Å². The molecule has 0 bridgehead atoms. The van der Waals surface area contributed by atoms with Gasteiger partial charge in [0, 0.05) is 19.6 Å². The van der Waals surface area contributed by atoms with E-state index in [1.807, 2.05) is 5.92 Å². The second kappa shape index (κ2) is 10.4. The van der Waals surface area contributed by atoms with Crippen molar-refractivity contribution in [3.05, 3.63) is 35.9 Å². The van der Waals surface area contributed by atoms with Gasteiger partial charge in [0.15, 0.2) is 12.2 Å². The maximum Gasteiger partial charge on any atom is 0.344 e. The molecule has 1 aliphatic rings. The molecule has 0 amide bonds. The number of hydrogen-bond acceptors (Lipinski definition) is 4. The van der Waals surface area contributed by atoms with E-state index < -0.39 is 62.2 Å². The quantitative estimate of drug-likeness (QED) is 0.591. The molecule has 1 atom stereocenters. The number of esters is 1. The zero-order valence-corrected chi connectivity index (χ0v) is 14.4. The number of nitrogens with zero attached hydrogens (tertiary/aromatic N) is 1. The van der Waals surface area contributed by atoms with Crippen molar-refractivity contribution in [3.8, 4) is 11.8 Å². The van der Waals surface area contributed by atoms with Gasteiger partial charge in [-0.1, -0.05) is 75.1 Å². The highest BCUT2D eigenvalue weighted by Gasteiger charge is 2.46. The van der Waals surface area contributed by atoms with Crippen molar-refractivity contribution in [2.24, 2.45) is 5.92 Å². The van der Waals surface area contributed by atoms with Gasteiger partial charge < -0.3 is 9.84 Å². The Labute approximate surface area is 174 Å². The minimum atomic E-state index is -3.80. The van der Waals surface area contributed by atoms with Crippen LogP contribution in [0.3, 0.4) is 0 Å². The third-order valence-electron chi connectivity index (χ3n) is 4.48. The van der Waals surface area contributed by atoms with Crippen LogP contribution in [0.15, 0.2) is 30.3 Å². The van der Waals surface area contributed by atoms with E-state index in [1.54, 1.807) is 30.3 Å². The van der Waals surface area contributed by atoms with Crippen molar-refractivity contribution in [1.82, 2.24) is 4.90 Å². The summed E-state index contributed by atoms with van der Waals surface area (Å²) in [5.41, 5.74) is -1.70. The van der Waals surface area contributed by atoms with E-state index >= 15 is 0 Å². The molecule has 0 aliphatic heterocycles. The van der Waals surface area contributed by atoms with Gasteiger partial charge in [-0.05, 0) is 31.4 Å². The maximum atomic E-state index is 13.1. The van der Waals surface area contributed by atoms with E-state index in [2.05, 4.69) is 5.92 Å². The summed E-state index contributed by atoms with van der Waals surface area (Å²) in [5.74, 6) is 2.41. The van der Waals surface area contributed by atoms with Gasteiger partial charge in [-0.15, -0.1) is 0 Å². The van der Waals surface area contributed by atoms with Gasteiger partial charge >= 0.3 is 5.97 Å². The lowest BCUT2D eigenvalue weighted by atomic mass is 9.73. The molecule has 1 aromatic rings. The molecule has 4 heteroatoms. The SMILES string of the molecule is [2H]C([2H])(C#CCOC(=O)C(O)(c1ccccc1)C1CCCCC1)N(C([2H])([2H])C([2H])([2H])[2H])C([2H])([2H])C([2H])([2H])[2H]. The van der Waals surface area contributed by atoms with Gasteiger partial charge in [0.25, 0.3) is 0 Å². The van der Waals surface area contributed by atoms with Crippen molar-refractivity contribution in [2.45, 2.75) is 51.4 Å². The van der Waals surface area contributed by atoms with E-state index in [4.69, 9.17) is 21.2 Å². The predicted molar refractivity (Wildman–Crippen MR) is 103 cm³/mol. The summed E-state index contributed by atoms with van der Waals surface area (Å²) in [5, 5.41) is 11.5. The molecule has 0 heterocycles. The maximum absolute atomic E-state index is 13.1. The Kier molecular flexibility index (Phi) is 3.74. The largest absolute Gasteiger partial charge is 0.450 e. The predicted octanol–water partition coefficient (Wildman–Crippen LogP) is 3.34. The monoisotopic (exact) mass is 369 g/mol. The summed E-state index contributed by atoms with van der Waals surface area (Å²) in [6.45, 7) is -19.2. The molecule has 1 N–H and O–H groups in total. The first-order chi connectivity index (χ1) is 17.2. The number of hydrogen-bond donors (Lipinski definition) is 1. The van der Waals surface area contributed by atoms with E-state index in [1.165, 1.54) is 0 Å². The third kappa shape index (κ3) is 5.09. The molecule has 0 radical (unpaired) electrons. The first kappa shape index (κ1) is 9.39. The molecule has 1 unspecified atom stereocenters. The summed E-state index contributed by atoms with van der Waals surface area (Å²) >= 11 is 0. The van der Waals surface area contributed by atoms with E-state index in [0.717, 1.165) is 19.3 Å². The van der Waals surface area contributed by atoms with Crippen LogP contribution in [0.25, 0.3) is 0 Å². The van der Waals surface area contributed by atoms with E-state index in [-0.39, 0.29) is 0 Å². The summed E-state index contributed by atoms with van der Waals surface area (Å²) in [6, 6.07) is 8.16. The second-order valence-corrected chi connectivity index (χ2v) is 6.02. The first-order valence-corrected chi connectivity index (χ1v) is 8.46. The molecule has 2 rings (SSSR count). The van der Waals surface area contributed by atoms with Crippen LogP contribution in [0, 0.1) is 17.8 Å². The molecule has 1 saturated carbocycles. The number of carbonyl (C=O) groups excluding carboxylic acids is 1. The molecule has 0 spiro atoms. The fraction of sp³-hybridized carbons (Fsp3) is 0.591. The smallest absolute Gasteiger partial charge is 0.344 e. The summed E-state index contributed by atoms with van der Waals surface area (Å²) < 4.78 is 97.3. The molecular weight excluding hydrogens is 326 g/mol. The van der Waals surface area contributed by atoms with Crippen LogP contribution in [0.1, 0.15) is 67.8 Å². The molecule has 1 fully saturated rings. The second-order valence-electron chi connectivity index (χ2n) is 6.02. The van der Waals surface area contributed by atoms with Crippen molar-refractivity contribution in [2.75, 3.05) is 26.1 Å². The minimum Gasteiger partial charge on any atom is -0.450 e. The lowest BCUT2D eigenvalue weighted by Crippen LogP contribution is -2.45. The molecule has 26 heavy (non-hydrogen) atoms. The van der Waals surface area contributed by atoms with E-state index in [0.29, 0.717) is 18.4 Å². The standard InChI is InChI=1S/C22H31NO3/c1-3-23(4-2)17-11-12-18-26-21(24)22(25,19-13-7-5-8-14-19)20-15-9-6-10-16-20/h5,7-8,13-14,20,25H,3-4,6,9-10,15-18H2,1-2H3/i1D3,2D3,3D2,4D2,17D2. The summed E-state index contributed by atoms with van der Waals surface area (Å²) in [7, 11) is 0. The van der Waals surface area contributed by atoms with Crippen molar-refractivity contribution < 1.29 is 31.1 Å². The van der Waals surface area contributed by atoms with Crippen LogP contribution in [0.5, 0.6) is 0 Å². The lowest BCUT2D eigenvalue weighted by Gasteiger charge is -2.36. The van der Waals surface area contributed by atoms with Gasteiger partial charge in [-0.3, -0.25) is 4.90 Å². The van der Waals surface area contributed by atoms with Gasteiger partial charge in [-0.25, -0.2) is 4.79 Å². The number of benzene rings is 1. The average molecular weight is 370 g/mol. The fourth-order valence-corrected chi connectivity index (χ4v) is 3.16. The van der Waals surface area contributed by atoms with Gasteiger partial charge in [0.1, 0.15) is 0 Å². The molecule has 1 aliphatic carbocycles. The zero-order valence-electron chi connectivity index (χ0n) is 26.4. The summed E-state index contributed by atoms with van der Waals surface area (Å²) in [6.07, 6.45) is 3.71. The van der Waals surface area contributed by atoms with Crippen molar-refractivity contribution >= 4 is 5.97 Å². The molecule has 4 nitrogen and oxygen atoms in total. The lowest BCUT2D eigenvalue weighted by molar-refractivity contribution is -0.174. The topological polar surface area (TPSA) is 49.8 Å². The highest BCUT2D eigenvalue weighted by molar-refractivity contribution is 5.81. The van der Waals surface area contributed by atoms with Crippen LogP contribution >= 0.6 is 0 Å². The Bertz CT molecular complexity index is 998. The van der Waals surface area contributed by atoms with Crippen molar-refractivity contribution in [1.29, 1.82) is 0 Å². The van der Waals surface area contributed by atoms with Gasteiger partial charge in [0.05, 0.1) is 9.24 Å². The van der Waals surface area contributed by atoms with E-state index in [9.17, 15) is 9.90 Å². The Morgan fingerprint density at radius 2 is 1.96 bits per heavy atom. The molecule has 142 valence electrons. The van der Waals surface area contributed by atoms with Crippen LogP contribution < -0.4 is 0 Å². The van der Waals surface area contributed by atoms with Crippen molar-refractivity contribution in [3.63, 3.8) is 0 Å². The Morgan fingerprint density at radius 1 is 1.27 bits per heavy atom. The Balaban J connectivity index is 2.36. The Hall–Kier alpha value is -1.83. The Morgan fingerprint density at radius 3 is 2.62 bits per heavy atom. The van der Waals surface area contributed by atoms with Gasteiger partial charge in [-0.2, -0.15) is 0 Å². The minimum absolute atomic E-state index is 0.308. The normalized spacial score (nSPS) is 26.7. The highest BCUT2D eigenvalue weighted by Crippen LogP contribution is 2.40. The molecule has 0 aromatic heterocycles.